The number of rotatable bonds is 3. The molecule has 3 aromatic carbocycles. The average Bonchev–Trinajstić information content (AvgIpc) is 2.67. The summed E-state index contributed by atoms with van der Waals surface area (Å²) in [5.74, 6) is 0.00327. The number of carbonyl (C=O) groups is 1. The third kappa shape index (κ3) is 2.89. The highest BCUT2D eigenvalue weighted by atomic mass is 32.1. The zero-order valence-corrected chi connectivity index (χ0v) is 15.1. The van der Waals surface area contributed by atoms with E-state index >= 15 is 0 Å². The van der Waals surface area contributed by atoms with Crippen LogP contribution in [0.4, 0.5) is 0 Å². The molecule has 1 aliphatic heterocycles. The normalized spacial score (nSPS) is 17.0. The van der Waals surface area contributed by atoms with Crippen molar-refractivity contribution in [1.29, 1.82) is 0 Å². The molecule has 26 heavy (non-hydrogen) atoms. The molecule has 0 spiro atoms. The number of benzene rings is 3. The molecule has 4 heteroatoms. The summed E-state index contributed by atoms with van der Waals surface area (Å²) >= 11 is 5.37. The van der Waals surface area contributed by atoms with E-state index in [0.717, 1.165) is 22.0 Å². The third-order valence-corrected chi connectivity index (χ3v) is 4.90. The molecular formula is C22H18N2OS. The predicted molar refractivity (Wildman–Crippen MR) is 109 cm³/mol. The molecule has 1 unspecified atom stereocenters. The van der Waals surface area contributed by atoms with Crippen LogP contribution in [-0.4, -0.2) is 10.9 Å². The summed E-state index contributed by atoms with van der Waals surface area (Å²) in [5.41, 5.74) is 3.20. The lowest BCUT2D eigenvalue weighted by atomic mass is 9.87. The molecule has 3 nitrogen and oxygen atoms in total. The van der Waals surface area contributed by atoms with Crippen LogP contribution < -0.4 is 10.6 Å². The van der Waals surface area contributed by atoms with E-state index in [-0.39, 0.29) is 11.8 Å². The first-order valence-corrected chi connectivity index (χ1v) is 8.91. The zero-order chi connectivity index (χ0) is 18.1. The molecular weight excluding hydrogens is 340 g/mol. The summed E-state index contributed by atoms with van der Waals surface area (Å²) in [6.07, 6.45) is 0. The Balaban J connectivity index is 1.89. The molecule has 0 saturated heterocycles. The van der Waals surface area contributed by atoms with E-state index < -0.39 is 0 Å². The van der Waals surface area contributed by atoms with Gasteiger partial charge in [-0.25, -0.2) is 0 Å². The van der Waals surface area contributed by atoms with Crippen molar-refractivity contribution in [3.63, 3.8) is 0 Å². The molecule has 0 saturated carbocycles. The average molecular weight is 358 g/mol. The molecule has 0 aromatic heterocycles. The lowest BCUT2D eigenvalue weighted by Gasteiger charge is -2.31. The van der Waals surface area contributed by atoms with E-state index in [9.17, 15) is 4.79 Å². The first-order valence-electron chi connectivity index (χ1n) is 8.51. The Morgan fingerprint density at radius 3 is 2.42 bits per heavy atom. The van der Waals surface area contributed by atoms with Crippen LogP contribution in [0.3, 0.4) is 0 Å². The maximum atomic E-state index is 13.3. The first-order chi connectivity index (χ1) is 12.6. The minimum atomic E-state index is -0.289. The molecule has 2 N–H and O–H groups in total. The molecule has 4 rings (SSSR count). The Morgan fingerprint density at radius 2 is 1.62 bits per heavy atom. The Morgan fingerprint density at radius 1 is 0.923 bits per heavy atom. The van der Waals surface area contributed by atoms with Crippen LogP contribution in [-0.2, 0) is 0 Å². The Hall–Kier alpha value is -2.98. The SMILES string of the molecule is CC1=C(C(=O)c2ccccc2)C(c2cccc3ccccc23)NC(=S)N1. The van der Waals surface area contributed by atoms with Crippen molar-refractivity contribution in [2.24, 2.45) is 0 Å². The van der Waals surface area contributed by atoms with Crippen molar-refractivity contribution in [3.8, 4) is 0 Å². The molecule has 1 heterocycles. The van der Waals surface area contributed by atoms with Gasteiger partial charge in [0.2, 0.25) is 0 Å². The van der Waals surface area contributed by atoms with Crippen molar-refractivity contribution in [3.05, 3.63) is 95.2 Å². The predicted octanol–water partition coefficient (Wildman–Crippen LogP) is 4.52. The Labute approximate surface area is 157 Å². The molecule has 0 aliphatic carbocycles. The van der Waals surface area contributed by atoms with Gasteiger partial charge in [-0.3, -0.25) is 4.79 Å². The van der Waals surface area contributed by atoms with Gasteiger partial charge in [0.15, 0.2) is 10.9 Å². The smallest absolute Gasteiger partial charge is 0.193 e. The molecule has 128 valence electrons. The minimum absolute atomic E-state index is 0.00327. The van der Waals surface area contributed by atoms with Crippen molar-refractivity contribution < 1.29 is 4.79 Å². The Kier molecular flexibility index (Phi) is 4.27. The van der Waals surface area contributed by atoms with Crippen LogP contribution in [0, 0.1) is 0 Å². The fourth-order valence-corrected chi connectivity index (χ4v) is 3.75. The summed E-state index contributed by atoms with van der Waals surface area (Å²) in [7, 11) is 0. The summed E-state index contributed by atoms with van der Waals surface area (Å²) < 4.78 is 0. The number of hydrogen-bond donors (Lipinski definition) is 2. The highest BCUT2D eigenvalue weighted by Gasteiger charge is 2.31. The van der Waals surface area contributed by atoms with Crippen LogP contribution >= 0.6 is 12.2 Å². The van der Waals surface area contributed by atoms with Gasteiger partial charge in [0, 0.05) is 16.8 Å². The van der Waals surface area contributed by atoms with Gasteiger partial charge in [0.25, 0.3) is 0 Å². The number of nitrogens with one attached hydrogen (secondary N) is 2. The molecule has 3 aromatic rings. The van der Waals surface area contributed by atoms with E-state index in [2.05, 4.69) is 34.9 Å². The monoisotopic (exact) mass is 358 g/mol. The fourth-order valence-electron chi connectivity index (χ4n) is 3.48. The molecule has 0 amide bonds. The highest BCUT2D eigenvalue weighted by molar-refractivity contribution is 7.80. The zero-order valence-electron chi connectivity index (χ0n) is 14.3. The van der Waals surface area contributed by atoms with Crippen LogP contribution in [0.1, 0.15) is 28.9 Å². The molecule has 0 radical (unpaired) electrons. The van der Waals surface area contributed by atoms with E-state index in [1.165, 1.54) is 0 Å². The van der Waals surface area contributed by atoms with Gasteiger partial charge in [-0.2, -0.15) is 0 Å². The maximum Gasteiger partial charge on any atom is 0.193 e. The second-order valence-electron chi connectivity index (χ2n) is 6.33. The summed E-state index contributed by atoms with van der Waals surface area (Å²) in [6, 6.07) is 23.4. The van der Waals surface area contributed by atoms with E-state index in [4.69, 9.17) is 12.2 Å². The number of thiocarbonyl (C=S) groups is 1. The van der Waals surface area contributed by atoms with Crippen molar-refractivity contribution >= 4 is 33.9 Å². The number of ketones is 1. The van der Waals surface area contributed by atoms with E-state index in [0.29, 0.717) is 16.2 Å². The number of hydrogen-bond acceptors (Lipinski definition) is 2. The van der Waals surface area contributed by atoms with E-state index in [1.807, 2.05) is 55.5 Å². The van der Waals surface area contributed by atoms with Crippen molar-refractivity contribution in [2.75, 3.05) is 0 Å². The number of fused-ring (bicyclic) bond motifs is 1. The second-order valence-corrected chi connectivity index (χ2v) is 6.74. The summed E-state index contributed by atoms with van der Waals surface area (Å²) in [5, 5.41) is 9.19. The van der Waals surface area contributed by atoms with Gasteiger partial charge >= 0.3 is 0 Å². The topological polar surface area (TPSA) is 41.1 Å². The molecule has 0 bridgehead atoms. The summed E-state index contributed by atoms with van der Waals surface area (Å²) in [6.45, 7) is 1.90. The van der Waals surface area contributed by atoms with Gasteiger partial charge in [-0.05, 0) is 35.5 Å². The third-order valence-electron chi connectivity index (χ3n) is 4.68. The van der Waals surface area contributed by atoms with Crippen LogP contribution in [0.5, 0.6) is 0 Å². The minimum Gasteiger partial charge on any atom is -0.351 e. The van der Waals surface area contributed by atoms with Crippen LogP contribution in [0.25, 0.3) is 10.8 Å². The summed E-state index contributed by atoms with van der Waals surface area (Å²) in [4.78, 5) is 13.3. The lowest BCUT2D eigenvalue weighted by Crippen LogP contribution is -2.45. The molecule has 1 aliphatic rings. The highest BCUT2D eigenvalue weighted by Crippen LogP contribution is 2.33. The second kappa shape index (κ2) is 6.73. The van der Waals surface area contributed by atoms with Gasteiger partial charge in [-0.1, -0.05) is 72.8 Å². The quantitative estimate of drug-likeness (QED) is 0.534. The van der Waals surface area contributed by atoms with Gasteiger partial charge in [0.05, 0.1) is 6.04 Å². The van der Waals surface area contributed by atoms with E-state index in [1.54, 1.807) is 0 Å². The van der Waals surface area contributed by atoms with Gasteiger partial charge in [0.1, 0.15) is 0 Å². The first kappa shape index (κ1) is 16.5. The number of Topliss-reactive ketones (excluding diaryl/α,β-unsaturated/α-hetero) is 1. The van der Waals surface area contributed by atoms with Gasteiger partial charge in [-0.15, -0.1) is 0 Å². The fraction of sp³-hybridized carbons (Fsp3) is 0.0909. The Bertz CT molecular complexity index is 1030. The van der Waals surface area contributed by atoms with Crippen molar-refractivity contribution in [1.82, 2.24) is 10.6 Å². The lowest BCUT2D eigenvalue weighted by molar-refractivity contribution is 0.102. The number of carbonyl (C=O) groups excluding carboxylic acids is 1. The van der Waals surface area contributed by atoms with Crippen LogP contribution in [0.2, 0.25) is 0 Å². The van der Waals surface area contributed by atoms with Crippen molar-refractivity contribution in [2.45, 2.75) is 13.0 Å². The standard InChI is InChI=1S/C22H18N2OS/c1-14-19(21(25)16-9-3-2-4-10-16)20(24-22(26)23-14)18-13-7-11-15-8-5-6-12-17(15)18/h2-13,20H,1H3,(H2,23,24,26). The number of allylic oxidation sites excluding steroid dienone is 1. The maximum absolute atomic E-state index is 13.3. The molecule has 1 atom stereocenters. The van der Waals surface area contributed by atoms with Crippen LogP contribution in [0.15, 0.2) is 84.1 Å². The molecule has 0 fully saturated rings. The largest absolute Gasteiger partial charge is 0.351 e. The van der Waals surface area contributed by atoms with Gasteiger partial charge < -0.3 is 10.6 Å².